The number of anilines is 2. The van der Waals surface area contributed by atoms with E-state index in [0.717, 1.165) is 5.56 Å². The fourth-order valence-electron chi connectivity index (χ4n) is 1.92. The summed E-state index contributed by atoms with van der Waals surface area (Å²) >= 11 is 0. The first-order chi connectivity index (χ1) is 8.78. The summed E-state index contributed by atoms with van der Waals surface area (Å²) in [5.41, 5.74) is 11.9. The highest BCUT2D eigenvalue weighted by molar-refractivity contribution is 5.87. The number of carbonyl (C=O) groups excluding carboxylic acids is 2. The molecule has 0 aliphatic heterocycles. The maximum atomic E-state index is 11.8. The van der Waals surface area contributed by atoms with E-state index in [1.54, 1.807) is 25.1 Å². The molecule has 1 atom stereocenters. The molecule has 0 aromatic heterocycles. The maximum absolute atomic E-state index is 11.8. The predicted octanol–water partition coefficient (Wildman–Crippen LogP) is 0.461. The average molecular weight is 265 g/mol. The minimum atomic E-state index is -1.14. The second kappa shape index (κ2) is 5.60. The predicted molar refractivity (Wildman–Crippen MR) is 73.2 cm³/mol. The highest BCUT2D eigenvalue weighted by atomic mass is 16.5. The van der Waals surface area contributed by atoms with Crippen LogP contribution in [-0.4, -0.2) is 24.5 Å². The topological polar surface area (TPSA) is 107 Å². The average Bonchev–Trinajstić information content (AvgIpc) is 2.31. The van der Waals surface area contributed by atoms with Gasteiger partial charge in [0, 0.05) is 13.3 Å². The molecule has 0 saturated carbocycles. The molecule has 0 fully saturated rings. The number of nitrogens with one attached hydrogen (secondary N) is 1. The first-order valence-corrected chi connectivity index (χ1v) is 5.79. The molecule has 0 aliphatic rings. The van der Waals surface area contributed by atoms with Gasteiger partial charge in [0.25, 0.3) is 0 Å². The molecule has 1 rings (SSSR count). The smallest absolute Gasteiger partial charge is 0.331 e. The molecule has 1 amide bonds. The van der Waals surface area contributed by atoms with Crippen molar-refractivity contribution >= 4 is 23.3 Å². The van der Waals surface area contributed by atoms with Crippen LogP contribution in [0, 0.1) is 0 Å². The summed E-state index contributed by atoms with van der Waals surface area (Å²) in [4.78, 5) is 23.1. The molecule has 6 nitrogen and oxygen atoms in total. The summed E-state index contributed by atoms with van der Waals surface area (Å²) in [5, 5.41) is 2.60. The molecule has 0 aliphatic carbocycles. The van der Waals surface area contributed by atoms with Gasteiger partial charge in [0.1, 0.15) is 5.54 Å². The van der Waals surface area contributed by atoms with Crippen LogP contribution in [0.1, 0.15) is 19.4 Å². The first-order valence-electron chi connectivity index (χ1n) is 5.79. The van der Waals surface area contributed by atoms with Crippen LogP contribution < -0.4 is 16.8 Å². The van der Waals surface area contributed by atoms with Crippen molar-refractivity contribution < 1.29 is 14.3 Å². The molecule has 6 heteroatoms. The Morgan fingerprint density at radius 3 is 2.42 bits per heavy atom. The van der Waals surface area contributed by atoms with E-state index in [4.69, 9.17) is 16.2 Å². The van der Waals surface area contributed by atoms with Gasteiger partial charge in [-0.1, -0.05) is 6.07 Å². The zero-order valence-corrected chi connectivity index (χ0v) is 11.3. The van der Waals surface area contributed by atoms with Crippen molar-refractivity contribution in [2.75, 3.05) is 18.6 Å². The number of nitrogen functional groups attached to an aromatic ring is 2. The summed E-state index contributed by atoms with van der Waals surface area (Å²) in [5.74, 6) is -0.825. The van der Waals surface area contributed by atoms with Gasteiger partial charge in [0.2, 0.25) is 5.91 Å². The summed E-state index contributed by atoms with van der Waals surface area (Å²) in [7, 11) is 1.28. The number of benzene rings is 1. The lowest BCUT2D eigenvalue weighted by atomic mass is 9.92. The van der Waals surface area contributed by atoms with Gasteiger partial charge in [-0.15, -0.1) is 0 Å². The van der Waals surface area contributed by atoms with E-state index in [9.17, 15) is 9.59 Å². The van der Waals surface area contributed by atoms with Crippen LogP contribution in [-0.2, 0) is 20.7 Å². The number of hydrogen-bond donors (Lipinski definition) is 3. The first kappa shape index (κ1) is 14.8. The van der Waals surface area contributed by atoms with Crippen molar-refractivity contribution in [2.24, 2.45) is 0 Å². The number of esters is 1. The van der Waals surface area contributed by atoms with Gasteiger partial charge in [-0.3, -0.25) is 4.79 Å². The Balaban J connectivity index is 3.03. The highest BCUT2D eigenvalue weighted by Crippen LogP contribution is 2.21. The SMILES string of the molecule is COC(=O)[C@](C)(Cc1ccc(N)c(N)c1)NC(C)=O. The normalized spacial score (nSPS) is 13.4. The van der Waals surface area contributed by atoms with Gasteiger partial charge in [-0.05, 0) is 24.6 Å². The molecular formula is C13H19N3O3. The molecule has 1 aromatic rings. The van der Waals surface area contributed by atoms with E-state index in [0.29, 0.717) is 11.4 Å². The maximum Gasteiger partial charge on any atom is 0.331 e. The van der Waals surface area contributed by atoms with E-state index in [2.05, 4.69) is 5.32 Å². The van der Waals surface area contributed by atoms with Gasteiger partial charge < -0.3 is 21.5 Å². The second-order valence-electron chi connectivity index (χ2n) is 4.64. The van der Waals surface area contributed by atoms with Crippen LogP contribution in [0.25, 0.3) is 0 Å². The largest absolute Gasteiger partial charge is 0.467 e. The summed E-state index contributed by atoms with van der Waals surface area (Å²) in [6.45, 7) is 2.95. The van der Waals surface area contributed by atoms with Gasteiger partial charge in [-0.25, -0.2) is 4.79 Å². The van der Waals surface area contributed by atoms with E-state index >= 15 is 0 Å². The molecule has 0 radical (unpaired) electrons. The lowest BCUT2D eigenvalue weighted by Gasteiger charge is -2.27. The van der Waals surface area contributed by atoms with Gasteiger partial charge >= 0.3 is 5.97 Å². The Kier molecular flexibility index (Phi) is 4.37. The molecule has 5 N–H and O–H groups in total. The van der Waals surface area contributed by atoms with E-state index in [-0.39, 0.29) is 12.3 Å². The van der Waals surface area contributed by atoms with E-state index in [1.165, 1.54) is 14.0 Å². The molecule has 0 heterocycles. The number of hydrogen-bond acceptors (Lipinski definition) is 5. The Morgan fingerprint density at radius 1 is 1.32 bits per heavy atom. The Bertz CT molecular complexity index is 502. The fraction of sp³-hybridized carbons (Fsp3) is 0.385. The van der Waals surface area contributed by atoms with E-state index < -0.39 is 11.5 Å². The minimum Gasteiger partial charge on any atom is -0.467 e. The number of amides is 1. The molecule has 0 unspecified atom stereocenters. The molecule has 104 valence electrons. The minimum absolute atomic E-state index is 0.268. The molecule has 0 spiro atoms. The number of carbonyl (C=O) groups is 2. The number of ether oxygens (including phenoxy) is 1. The Labute approximate surface area is 112 Å². The fourth-order valence-corrected chi connectivity index (χ4v) is 1.92. The van der Waals surface area contributed by atoms with Crippen molar-refractivity contribution in [1.82, 2.24) is 5.32 Å². The van der Waals surface area contributed by atoms with Crippen LogP contribution >= 0.6 is 0 Å². The van der Waals surface area contributed by atoms with Crippen LogP contribution in [0.5, 0.6) is 0 Å². The monoisotopic (exact) mass is 265 g/mol. The number of methoxy groups -OCH3 is 1. The van der Waals surface area contributed by atoms with Gasteiger partial charge in [0.05, 0.1) is 18.5 Å². The van der Waals surface area contributed by atoms with Gasteiger partial charge in [-0.2, -0.15) is 0 Å². The summed E-state index contributed by atoms with van der Waals surface area (Å²) in [6.07, 6.45) is 0.268. The third-order valence-corrected chi connectivity index (χ3v) is 2.80. The van der Waals surface area contributed by atoms with Crippen LogP contribution in [0.15, 0.2) is 18.2 Å². The molecule has 19 heavy (non-hydrogen) atoms. The lowest BCUT2D eigenvalue weighted by molar-refractivity contribution is -0.149. The Hall–Kier alpha value is -2.24. The summed E-state index contributed by atoms with van der Waals surface area (Å²) < 4.78 is 4.73. The van der Waals surface area contributed by atoms with Crippen LogP contribution in [0.4, 0.5) is 11.4 Å². The third-order valence-electron chi connectivity index (χ3n) is 2.80. The lowest BCUT2D eigenvalue weighted by Crippen LogP contribution is -2.53. The third kappa shape index (κ3) is 3.61. The zero-order valence-electron chi connectivity index (χ0n) is 11.3. The zero-order chi connectivity index (χ0) is 14.6. The van der Waals surface area contributed by atoms with Crippen molar-refractivity contribution in [3.63, 3.8) is 0 Å². The Morgan fingerprint density at radius 2 is 1.95 bits per heavy atom. The number of rotatable bonds is 4. The molecule has 1 aromatic carbocycles. The van der Waals surface area contributed by atoms with E-state index in [1.807, 2.05) is 0 Å². The van der Waals surface area contributed by atoms with Gasteiger partial charge in [0.15, 0.2) is 0 Å². The number of nitrogens with two attached hydrogens (primary N) is 2. The molecular weight excluding hydrogens is 246 g/mol. The summed E-state index contributed by atoms with van der Waals surface area (Å²) in [6, 6.07) is 5.10. The van der Waals surface area contributed by atoms with Crippen LogP contribution in [0.2, 0.25) is 0 Å². The van der Waals surface area contributed by atoms with Crippen molar-refractivity contribution in [3.05, 3.63) is 23.8 Å². The van der Waals surface area contributed by atoms with Crippen molar-refractivity contribution in [3.8, 4) is 0 Å². The standard InChI is InChI=1S/C13H19N3O3/c1-8(17)16-13(2,12(18)19-3)7-9-4-5-10(14)11(15)6-9/h4-6H,7,14-15H2,1-3H3,(H,16,17)/t13-/m0/s1. The quantitative estimate of drug-likeness (QED) is 0.541. The molecule has 0 saturated heterocycles. The van der Waals surface area contributed by atoms with Crippen molar-refractivity contribution in [2.45, 2.75) is 25.8 Å². The van der Waals surface area contributed by atoms with Crippen molar-refractivity contribution in [1.29, 1.82) is 0 Å². The van der Waals surface area contributed by atoms with Crippen LogP contribution in [0.3, 0.4) is 0 Å². The highest BCUT2D eigenvalue weighted by Gasteiger charge is 2.35. The second-order valence-corrected chi connectivity index (χ2v) is 4.64. The molecule has 0 bridgehead atoms.